The maximum absolute atomic E-state index is 13.1. The smallest absolute Gasteiger partial charge is 0.250 e. The van der Waals surface area contributed by atoms with Crippen LogP contribution in [0.5, 0.6) is 0 Å². The lowest BCUT2D eigenvalue weighted by molar-refractivity contribution is -0.145. The van der Waals surface area contributed by atoms with Crippen LogP contribution in [0.3, 0.4) is 0 Å². The van der Waals surface area contributed by atoms with Crippen LogP contribution >= 0.6 is 36.4 Å². The summed E-state index contributed by atoms with van der Waals surface area (Å²) >= 11 is 6.36. The van der Waals surface area contributed by atoms with Gasteiger partial charge in [0.15, 0.2) is 0 Å². The topological polar surface area (TPSA) is 91.7 Å². The third kappa shape index (κ3) is 8.34. The number of rotatable bonds is 10. The molecular formula is C25H33Cl3N6O2. The van der Waals surface area contributed by atoms with Crippen molar-refractivity contribution in [2.75, 3.05) is 38.1 Å². The van der Waals surface area contributed by atoms with E-state index in [0.717, 1.165) is 0 Å². The van der Waals surface area contributed by atoms with Crippen molar-refractivity contribution in [3.8, 4) is 6.07 Å². The molecule has 2 amide bonds. The van der Waals surface area contributed by atoms with Crippen LogP contribution in [0.1, 0.15) is 30.5 Å². The maximum Gasteiger partial charge on any atom is 0.250 e. The number of carbonyl (C=O) groups excluding carboxylic acids is 2. The molecule has 2 aromatic rings. The summed E-state index contributed by atoms with van der Waals surface area (Å²) in [5.41, 5.74) is 3.33. The highest BCUT2D eigenvalue weighted by molar-refractivity contribution is 6.33. The van der Waals surface area contributed by atoms with Crippen molar-refractivity contribution in [2.45, 2.75) is 33.0 Å². The third-order valence-corrected chi connectivity index (χ3v) is 6.04. The molecule has 0 aromatic heterocycles. The molecule has 0 spiro atoms. The number of hydrazine groups is 1. The first-order valence-corrected chi connectivity index (χ1v) is 11.7. The van der Waals surface area contributed by atoms with Gasteiger partial charge in [0.05, 0.1) is 35.4 Å². The summed E-state index contributed by atoms with van der Waals surface area (Å²) in [5.74, 6) is -0.357. The maximum atomic E-state index is 13.1. The Labute approximate surface area is 230 Å². The van der Waals surface area contributed by atoms with E-state index in [9.17, 15) is 14.9 Å². The molecule has 0 saturated carbocycles. The molecule has 2 N–H and O–H groups in total. The zero-order valence-corrected chi connectivity index (χ0v) is 23.1. The number of fused-ring (bicyclic) bond motifs is 1. The van der Waals surface area contributed by atoms with E-state index in [2.05, 4.69) is 28.8 Å². The summed E-state index contributed by atoms with van der Waals surface area (Å²) in [7, 11) is 1.74. The fourth-order valence-electron chi connectivity index (χ4n) is 3.80. The lowest BCUT2D eigenvalue weighted by atomic mass is 10.1. The Morgan fingerprint density at radius 2 is 1.69 bits per heavy atom. The molecular weight excluding hydrogens is 523 g/mol. The molecule has 0 atom stereocenters. The number of halogens is 3. The van der Waals surface area contributed by atoms with Gasteiger partial charge < -0.3 is 10.2 Å². The van der Waals surface area contributed by atoms with Gasteiger partial charge in [-0.2, -0.15) is 5.26 Å². The summed E-state index contributed by atoms with van der Waals surface area (Å²) in [6.45, 7) is 6.36. The average Bonchev–Trinajstić information content (AvgIpc) is 3.26. The van der Waals surface area contributed by atoms with Crippen molar-refractivity contribution < 1.29 is 9.59 Å². The normalized spacial score (nSPS) is 12.2. The first kappa shape index (κ1) is 31.6. The van der Waals surface area contributed by atoms with Gasteiger partial charge in [0.25, 0.3) is 5.91 Å². The lowest BCUT2D eigenvalue weighted by Crippen LogP contribution is -2.47. The Morgan fingerprint density at radius 1 is 1.08 bits per heavy atom. The van der Waals surface area contributed by atoms with Gasteiger partial charge in [0.1, 0.15) is 0 Å². The van der Waals surface area contributed by atoms with Crippen LogP contribution in [-0.2, 0) is 22.7 Å². The van der Waals surface area contributed by atoms with Crippen LogP contribution in [0.4, 0.5) is 5.69 Å². The minimum absolute atomic E-state index is 0. The summed E-state index contributed by atoms with van der Waals surface area (Å²) in [6, 6.07) is 15.3. The number of anilines is 1. The van der Waals surface area contributed by atoms with E-state index in [0.29, 0.717) is 42.5 Å². The van der Waals surface area contributed by atoms with E-state index < -0.39 is 0 Å². The molecule has 1 aliphatic rings. The lowest BCUT2D eigenvalue weighted by Gasteiger charge is -2.28. The van der Waals surface area contributed by atoms with Crippen LogP contribution < -0.4 is 15.5 Å². The molecule has 0 bridgehead atoms. The number of amides is 2. The standard InChI is InChI=1S/C25H31ClN6O2.2ClH/c1-18(2)29-10-11-32(23-12-19(13-27)8-9-22(23)26)25(34)15-28-14-24(33)30(3)31-16-20-6-4-5-7-21(20)17-31;;/h4-9,12,18,28-29H,10-11,14-17H2,1-3H3;2*1H. The molecule has 0 radical (unpaired) electrons. The monoisotopic (exact) mass is 554 g/mol. The molecule has 0 saturated heterocycles. The molecule has 36 heavy (non-hydrogen) atoms. The molecule has 8 nitrogen and oxygen atoms in total. The fraction of sp³-hybridized carbons (Fsp3) is 0.400. The second kappa shape index (κ2) is 15.0. The van der Waals surface area contributed by atoms with E-state index in [4.69, 9.17) is 11.6 Å². The molecule has 0 unspecified atom stereocenters. The number of hydrogen-bond acceptors (Lipinski definition) is 6. The molecule has 11 heteroatoms. The number of carbonyl (C=O) groups is 2. The Morgan fingerprint density at radius 3 is 2.28 bits per heavy atom. The highest BCUT2D eigenvalue weighted by Gasteiger charge is 2.25. The minimum Gasteiger partial charge on any atom is -0.313 e. The van der Waals surface area contributed by atoms with Crippen molar-refractivity contribution in [2.24, 2.45) is 0 Å². The molecule has 196 valence electrons. The van der Waals surface area contributed by atoms with Crippen LogP contribution in [0, 0.1) is 11.3 Å². The second-order valence-electron chi connectivity index (χ2n) is 8.54. The molecule has 3 rings (SSSR count). The minimum atomic E-state index is -0.230. The third-order valence-electron chi connectivity index (χ3n) is 5.72. The zero-order chi connectivity index (χ0) is 24.7. The summed E-state index contributed by atoms with van der Waals surface area (Å²) in [6.07, 6.45) is 0. The number of nitrogens with one attached hydrogen (secondary N) is 2. The average molecular weight is 556 g/mol. The van der Waals surface area contributed by atoms with Gasteiger partial charge in [-0.05, 0) is 29.3 Å². The Bertz CT molecular complexity index is 1050. The highest BCUT2D eigenvalue weighted by atomic mass is 35.5. The van der Waals surface area contributed by atoms with Gasteiger partial charge in [-0.25, -0.2) is 5.01 Å². The zero-order valence-electron chi connectivity index (χ0n) is 20.7. The summed E-state index contributed by atoms with van der Waals surface area (Å²) in [4.78, 5) is 27.4. The number of likely N-dealkylation sites (N-methyl/N-ethyl adjacent to an activating group) is 1. The van der Waals surface area contributed by atoms with Crippen molar-refractivity contribution in [1.29, 1.82) is 5.26 Å². The highest BCUT2D eigenvalue weighted by Crippen LogP contribution is 2.27. The van der Waals surface area contributed by atoms with Crippen molar-refractivity contribution in [3.05, 3.63) is 64.2 Å². The molecule has 0 aliphatic carbocycles. The number of benzene rings is 2. The predicted molar refractivity (Wildman–Crippen MR) is 147 cm³/mol. The van der Waals surface area contributed by atoms with Crippen LogP contribution in [0.2, 0.25) is 5.02 Å². The van der Waals surface area contributed by atoms with Crippen LogP contribution in [-0.4, -0.2) is 61.1 Å². The largest absolute Gasteiger partial charge is 0.313 e. The molecule has 0 fully saturated rings. The summed E-state index contributed by atoms with van der Waals surface area (Å²) < 4.78 is 0. The quantitative estimate of drug-likeness (QED) is 0.467. The van der Waals surface area contributed by atoms with Crippen LogP contribution in [0.15, 0.2) is 42.5 Å². The van der Waals surface area contributed by atoms with Crippen molar-refractivity contribution >= 4 is 53.9 Å². The van der Waals surface area contributed by atoms with Crippen LogP contribution in [0.25, 0.3) is 0 Å². The molecule has 1 aliphatic heterocycles. The Kier molecular flexibility index (Phi) is 13.2. The van der Waals surface area contributed by atoms with Crippen molar-refractivity contribution in [3.63, 3.8) is 0 Å². The Balaban J connectivity index is 0.00000324. The Hall–Kier alpha value is -2.38. The van der Waals surface area contributed by atoms with E-state index in [1.54, 1.807) is 35.2 Å². The van der Waals surface area contributed by atoms with Gasteiger partial charge in [-0.3, -0.25) is 19.9 Å². The predicted octanol–water partition coefficient (Wildman–Crippen LogP) is 3.37. The first-order valence-electron chi connectivity index (χ1n) is 11.3. The molecule has 1 heterocycles. The fourth-order valence-corrected chi connectivity index (χ4v) is 4.02. The SMILES string of the molecule is CC(C)NCCN(C(=O)CNCC(=O)N(C)N1Cc2ccccc2C1)c1cc(C#N)ccc1Cl.Cl.Cl. The number of hydrogen-bond donors (Lipinski definition) is 2. The van der Waals surface area contributed by atoms with E-state index in [1.165, 1.54) is 11.1 Å². The first-order chi connectivity index (χ1) is 16.3. The van der Waals surface area contributed by atoms with Gasteiger partial charge in [0.2, 0.25) is 5.91 Å². The number of nitrogens with zero attached hydrogens (tertiary/aromatic N) is 4. The second-order valence-corrected chi connectivity index (χ2v) is 8.95. The van der Waals surface area contributed by atoms with E-state index in [-0.39, 0.29) is 55.8 Å². The van der Waals surface area contributed by atoms with E-state index in [1.807, 2.05) is 31.0 Å². The summed E-state index contributed by atoms with van der Waals surface area (Å²) in [5, 5.41) is 19.5. The van der Waals surface area contributed by atoms with E-state index >= 15 is 0 Å². The molecule has 2 aromatic carbocycles. The number of nitriles is 1. The van der Waals surface area contributed by atoms with Gasteiger partial charge in [-0.15, -0.1) is 24.8 Å². The van der Waals surface area contributed by atoms with Gasteiger partial charge in [0, 0.05) is 39.3 Å². The van der Waals surface area contributed by atoms with Crippen molar-refractivity contribution in [1.82, 2.24) is 20.7 Å². The van der Waals surface area contributed by atoms with Gasteiger partial charge in [-0.1, -0.05) is 49.7 Å². The van der Waals surface area contributed by atoms with Gasteiger partial charge >= 0.3 is 0 Å².